The fourth-order valence-corrected chi connectivity index (χ4v) is 3.14. The van der Waals surface area contributed by atoms with Crippen molar-refractivity contribution >= 4 is 11.8 Å². The Kier molecular flexibility index (Phi) is 5.26. The summed E-state index contributed by atoms with van der Waals surface area (Å²) in [4.78, 5) is 35.0. The predicted molar refractivity (Wildman–Crippen MR) is 83.5 cm³/mol. The summed E-state index contributed by atoms with van der Waals surface area (Å²) in [7, 11) is 1.30. The smallest absolute Gasteiger partial charge is 0.312 e. The fraction of sp³-hybridized carbons (Fsp3) is 0.412. The number of benzene rings is 1. The average molecular weight is 317 g/mol. The first kappa shape index (κ1) is 16.9. The monoisotopic (exact) mass is 317 g/mol. The SMILES string of the molecule is COC(=O)[C@H]1CCC(=O)C([C@@H](C[N+](=O)[O-])c2ccccc2)=C1C. The molecule has 2 rings (SSSR count). The van der Waals surface area contributed by atoms with Crippen LogP contribution < -0.4 is 0 Å². The van der Waals surface area contributed by atoms with E-state index in [1.54, 1.807) is 31.2 Å². The average Bonchev–Trinajstić information content (AvgIpc) is 2.54. The first-order chi connectivity index (χ1) is 11.0. The van der Waals surface area contributed by atoms with Crippen molar-refractivity contribution in [2.24, 2.45) is 5.92 Å². The molecule has 0 spiro atoms. The number of nitrogens with zero attached hydrogens (tertiary/aromatic N) is 1. The van der Waals surface area contributed by atoms with Crippen LogP contribution in [0.2, 0.25) is 0 Å². The van der Waals surface area contributed by atoms with Crippen LogP contribution in [0.1, 0.15) is 31.2 Å². The number of hydrogen-bond acceptors (Lipinski definition) is 5. The molecule has 0 aliphatic heterocycles. The number of hydrogen-bond donors (Lipinski definition) is 0. The highest BCUT2D eigenvalue weighted by Gasteiger charge is 2.37. The van der Waals surface area contributed by atoms with Crippen LogP contribution in [0.4, 0.5) is 0 Å². The molecule has 6 nitrogen and oxygen atoms in total. The van der Waals surface area contributed by atoms with E-state index in [1.165, 1.54) is 7.11 Å². The number of Topliss-reactive ketones (excluding diaryl/α,β-unsaturated/α-hetero) is 1. The van der Waals surface area contributed by atoms with Crippen molar-refractivity contribution in [3.8, 4) is 0 Å². The van der Waals surface area contributed by atoms with E-state index in [9.17, 15) is 19.7 Å². The highest BCUT2D eigenvalue weighted by Crippen LogP contribution is 2.37. The second kappa shape index (κ2) is 7.17. The largest absolute Gasteiger partial charge is 0.469 e. The third-order valence-electron chi connectivity index (χ3n) is 4.28. The minimum absolute atomic E-state index is 0.127. The van der Waals surface area contributed by atoms with E-state index in [0.29, 0.717) is 23.1 Å². The molecule has 0 fully saturated rings. The maximum Gasteiger partial charge on any atom is 0.312 e. The van der Waals surface area contributed by atoms with Crippen LogP contribution in [0.3, 0.4) is 0 Å². The van der Waals surface area contributed by atoms with Gasteiger partial charge in [-0.1, -0.05) is 35.9 Å². The highest BCUT2D eigenvalue weighted by atomic mass is 16.6. The highest BCUT2D eigenvalue weighted by molar-refractivity contribution is 6.00. The topological polar surface area (TPSA) is 86.5 Å². The van der Waals surface area contributed by atoms with Crippen LogP contribution in [0.5, 0.6) is 0 Å². The van der Waals surface area contributed by atoms with Crippen molar-refractivity contribution < 1.29 is 19.2 Å². The van der Waals surface area contributed by atoms with Gasteiger partial charge in [0.15, 0.2) is 5.78 Å². The summed E-state index contributed by atoms with van der Waals surface area (Å²) < 4.78 is 4.79. The lowest BCUT2D eigenvalue weighted by Gasteiger charge is -2.27. The Morgan fingerprint density at radius 3 is 2.61 bits per heavy atom. The molecule has 1 aliphatic carbocycles. The molecule has 0 unspecified atom stereocenters. The zero-order valence-electron chi connectivity index (χ0n) is 13.2. The zero-order valence-corrected chi connectivity index (χ0v) is 13.2. The van der Waals surface area contributed by atoms with Gasteiger partial charge in [0.25, 0.3) is 0 Å². The van der Waals surface area contributed by atoms with Crippen LogP contribution in [-0.4, -0.2) is 30.3 Å². The summed E-state index contributed by atoms with van der Waals surface area (Å²) in [6.45, 7) is 1.32. The van der Waals surface area contributed by atoms with Gasteiger partial charge < -0.3 is 4.74 Å². The van der Waals surface area contributed by atoms with E-state index < -0.39 is 22.7 Å². The number of ketones is 1. The molecule has 1 aromatic rings. The summed E-state index contributed by atoms with van der Waals surface area (Å²) in [5.74, 6) is -1.68. The molecule has 0 saturated heterocycles. The normalized spacial score (nSPS) is 19.4. The lowest BCUT2D eigenvalue weighted by molar-refractivity contribution is -0.481. The summed E-state index contributed by atoms with van der Waals surface area (Å²) in [5, 5.41) is 11.1. The van der Waals surface area contributed by atoms with E-state index in [4.69, 9.17) is 4.74 Å². The van der Waals surface area contributed by atoms with Crippen LogP contribution in [0.15, 0.2) is 41.5 Å². The number of ether oxygens (including phenoxy) is 1. The third-order valence-corrected chi connectivity index (χ3v) is 4.28. The number of nitro groups is 1. The maximum atomic E-state index is 12.4. The summed E-state index contributed by atoms with van der Waals surface area (Å²) >= 11 is 0. The molecule has 1 aromatic carbocycles. The minimum Gasteiger partial charge on any atom is -0.469 e. The lowest BCUT2D eigenvalue weighted by atomic mass is 9.75. The van der Waals surface area contributed by atoms with Crippen LogP contribution in [0, 0.1) is 16.0 Å². The van der Waals surface area contributed by atoms with Gasteiger partial charge in [-0.15, -0.1) is 0 Å². The van der Waals surface area contributed by atoms with Gasteiger partial charge in [0.2, 0.25) is 6.54 Å². The van der Waals surface area contributed by atoms with Gasteiger partial charge in [0, 0.05) is 16.9 Å². The van der Waals surface area contributed by atoms with E-state index in [-0.39, 0.29) is 18.7 Å². The van der Waals surface area contributed by atoms with Crippen LogP contribution >= 0.6 is 0 Å². The van der Waals surface area contributed by atoms with Gasteiger partial charge >= 0.3 is 5.97 Å². The van der Waals surface area contributed by atoms with Crippen molar-refractivity contribution in [2.75, 3.05) is 13.7 Å². The number of rotatable bonds is 5. The van der Waals surface area contributed by atoms with Gasteiger partial charge in [0.05, 0.1) is 18.9 Å². The second-order valence-electron chi connectivity index (χ2n) is 5.61. The Bertz CT molecular complexity index is 650. The summed E-state index contributed by atoms with van der Waals surface area (Å²) in [5.41, 5.74) is 1.68. The molecule has 0 N–H and O–H groups in total. The molecule has 0 bridgehead atoms. The molecular weight excluding hydrogens is 298 g/mol. The predicted octanol–water partition coefficient (Wildman–Crippen LogP) is 2.52. The number of esters is 1. The van der Waals surface area contributed by atoms with Crippen molar-refractivity contribution in [3.05, 3.63) is 57.2 Å². The van der Waals surface area contributed by atoms with E-state index in [1.807, 2.05) is 6.07 Å². The number of carbonyl (C=O) groups excluding carboxylic acids is 2. The van der Waals surface area contributed by atoms with Crippen LogP contribution in [-0.2, 0) is 14.3 Å². The quantitative estimate of drug-likeness (QED) is 0.473. The maximum absolute atomic E-state index is 12.4. The van der Waals surface area contributed by atoms with E-state index in [2.05, 4.69) is 0 Å². The van der Waals surface area contributed by atoms with Gasteiger partial charge in [-0.2, -0.15) is 0 Å². The molecule has 122 valence electrons. The van der Waals surface area contributed by atoms with E-state index >= 15 is 0 Å². The van der Waals surface area contributed by atoms with Crippen molar-refractivity contribution in [2.45, 2.75) is 25.7 Å². The molecule has 0 amide bonds. The Morgan fingerprint density at radius 1 is 1.39 bits per heavy atom. The van der Waals surface area contributed by atoms with Crippen molar-refractivity contribution in [3.63, 3.8) is 0 Å². The van der Waals surface area contributed by atoms with Crippen molar-refractivity contribution in [1.29, 1.82) is 0 Å². The minimum atomic E-state index is -0.647. The van der Waals surface area contributed by atoms with Gasteiger partial charge in [-0.3, -0.25) is 19.7 Å². The lowest BCUT2D eigenvalue weighted by Crippen LogP contribution is -2.30. The molecular formula is C17H19NO5. The third kappa shape index (κ3) is 3.64. The van der Waals surface area contributed by atoms with Gasteiger partial charge in [-0.25, -0.2) is 0 Å². The Balaban J connectivity index is 2.52. The van der Waals surface area contributed by atoms with Gasteiger partial charge in [0.1, 0.15) is 0 Å². The fourth-order valence-electron chi connectivity index (χ4n) is 3.14. The first-order valence-corrected chi connectivity index (χ1v) is 7.44. The standard InChI is InChI=1S/C17H19NO5/c1-11-13(17(20)23-2)8-9-15(19)16(11)14(10-18(21)22)12-6-4-3-5-7-12/h3-7,13-14H,8-10H2,1-2H3/t13-,14-/m0/s1. The second-order valence-corrected chi connectivity index (χ2v) is 5.61. The molecule has 0 saturated carbocycles. The summed E-state index contributed by atoms with van der Waals surface area (Å²) in [6.07, 6.45) is 0.592. The first-order valence-electron chi connectivity index (χ1n) is 7.44. The Labute approximate surface area is 134 Å². The van der Waals surface area contributed by atoms with Crippen molar-refractivity contribution in [1.82, 2.24) is 0 Å². The molecule has 1 aliphatic rings. The molecule has 0 radical (unpaired) electrons. The van der Waals surface area contributed by atoms with Crippen LogP contribution in [0.25, 0.3) is 0 Å². The number of carbonyl (C=O) groups is 2. The summed E-state index contributed by atoms with van der Waals surface area (Å²) in [6, 6.07) is 8.91. The molecule has 23 heavy (non-hydrogen) atoms. The Morgan fingerprint density at radius 2 is 2.04 bits per heavy atom. The molecule has 0 heterocycles. The van der Waals surface area contributed by atoms with Gasteiger partial charge in [-0.05, 0) is 18.9 Å². The number of methoxy groups -OCH3 is 1. The zero-order chi connectivity index (χ0) is 17.0. The van der Waals surface area contributed by atoms with E-state index in [0.717, 1.165) is 0 Å². The molecule has 6 heteroatoms. The Hall–Kier alpha value is -2.50. The molecule has 2 atom stereocenters. The molecule has 0 aromatic heterocycles.